The minimum atomic E-state index is 0.596. The summed E-state index contributed by atoms with van der Waals surface area (Å²) in [5, 5.41) is 0. The van der Waals surface area contributed by atoms with Crippen molar-refractivity contribution in [1.29, 1.82) is 0 Å². The molecule has 62 valence electrons. The van der Waals surface area contributed by atoms with Gasteiger partial charge in [-0.15, -0.1) is 0 Å². The monoisotopic (exact) mass is 216 g/mol. The van der Waals surface area contributed by atoms with Gasteiger partial charge in [-0.1, -0.05) is 13.8 Å². The van der Waals surface area contributed by atoms with Gasteiger partial charge in [0.05, 0.1) is 0 Å². The molecule has 11 heavy (non-hydrogen) atoms. The van der Waals surface area contributed by atoms with Crippen molar-refractivity contribution in [2.75, 3.05) is 5.73 Å². The number of nitrogen functional groups attached to an aromatic ring is 1. The Kier molecular flexibility index (Phi) is 4.86. The molecule has 0 amide bonds. The molecule has 0 aliphatic heterocycles. The maximum Gasteiger partial charge on any atom is 0.126 e. The topological polar surface area (TPSA) is 38.9 Å². The summed E-state index contributed by atoms with van der Waals surface area (Å²) in [6.07, 6.45) is 1.68. The zero-order valence-corrected chi connectivity index (χ0v) is 8.64. The lowest BCUT2D eigenvalue weighted by Gasteiger charge is -1.96. The summed E-state index contributed by atoms with van der Waals surface area (Å²) in [5.41, 5.74) is 6.46. The normalized spacial score (nSPS) is 8.36. The van der Waals surface area contributed by atoms with Gasteiger partial charge in [-0.3, -0.25) is 0 Å². The molecule has 0 aromatic carbocycles. The maximum absolute atomic E-state index is 5.46. The molecule has 1 heterocycles. The number of hydrogen-bond acceptors (Lipinski definition) is 2. The first-order valence-corrected chi connectivity index (χ1v) is 4.37. The Morgan fingerprint density at radius 1 is 1.45 bits per heavy atom. The molecular weight excluding hydrogens is 204 g/mol. The highest BCUT2D eigenvalue weighted by Gasteiger charge is 1.92. The van der Waals surface area contributed by atoms with Crippen LogP contribution in [0.1, 0.15) is 19.4 Å². The van der Waals surface area contributed by atoms with Crippen LogP contribution in [0.15, 0.2) is 16.7 Å². The van der Waals surface area contributed by atoms with Crippen LogP contribution in [0.25, 0.3) is 0 Å². The number of pyridine rings is 1. The Morgan fingerprint density at radius 3 is 2.36 bits per heavy atom. The van der Waals surface area contributed by atoms with E-state index in [-0.39, 0.29) is 0 Å². The molecule has 0 atom stereocenters. The van der Waals surface area contributed by atoms with E-state index in [9.17, 15) is 0 Å². The standard InChI is InChI=1S/C6H7BrN2.C2H6/c1-4-2-5(7)3-9-6(4)8;1-2/h2-3H,1H3,(H2,8,9);1-2H3. The van der Waals surface area contributed by atoms with Gasteiger partial charge in [-0.2, -0.15) is 0 Å². The fourth-order valence-electron chi connectivity index (χ4n) is 0.551. The van der Waals surface area contributed by atoms with E-state index in [1.165, 1.54) is 0 Å². The van der Waals surface area contributed by atoms with Crippen molar-refractivity contribution in [2.24, 2.45) is 0 Å². The smallest absolute Gasteiger partial charge is 0.126 e. The van der Waals surface area contributed by atoms with Gasteiger partial charge in [-0.05, 0) is 34.5 Å². The molecule has 2 N–H and O–H groups in total. The molecule has 3 heteroatoms. The summed E-state index contributed by atoms with van der Waals surface area (Å²) < 4.78 is 0.967. The third-order valence-corrected chi connectivity index (χ3v) is 1.52. The van der Waals surface area contributed by atoms with Crippen LogP contribution in [-0.4, -0.2) is 4.98 Å². The Balaban J connectivity index is 0.000000461. The van der Waals surface area contributed by atoms with Gasteiger partial charge in [0.2, 0.25) is 0 Å². The van der Waals surface area contributed by atoms with Crippen molar-refractivity contribution in [3.8, 4) is 0 Å². The summed E-state index contributed by atoms with van der Waals surface area (Å²) in [4.78, 5) is 3.91. The first-order valence-electron chi connectivity index (χ1n) is 3.58. The quantitative estimate of drug-likeness (QED) is 0.725. The maximum atomic E-state index is 5.46. The molecule has 0 unspecified atom stereocenters. The van der Waals surface area contributed by atoms with Crippen LogP contribution >= 0.6 is 15.9 Å². The lowest BCUT2D eigenvalue weighted by Crippen LogP contribution is -1.91. The summed E-state index contributed by atoms with van der Waals surface area (Å²) in [6, 6.07) is 1.93. The van der Waals surface area contributed by atoms with Crippen LogP contribution in [0, 0.1) is 6.92 Å². The largest absolute Gasteiger partial charge is 0.383 e. The molecule has 0 bridgehead atoms. The second-order valence-corrected chi connectivity index (χ2v) is 2.77. The number of aryl methyl sites for hydroxylation is 1. The minimum Gasteiger partial charge on any atom is -0.383 e. The molecule has 0 radical (unpaired) electrons. The molecule has 2 nitrogen and oxygen atoms in total. The molecule has 0 aliphatic rings. The van der Waals surface area contributed by atoms with E-state index < -0.39 is 0 Å². The molecule has 1 aromatic rings. The van der Waals surface area contributed by atoms with E-state index in [1.807, 2.05) is 26.8 Å². The summed E-state index contributed by atoms with van der Waals surface area (Å²) in [7, 11) is 0. The first kappa shape index (κ1) is 10.4. The van der Waals surface area contributed by atoms with Crippen LogP contribution < -0.4 is 5.73 Å². The van der Waals surface area contributed by atoms with Crippen molar-refractivity contribution < 1.29 is 0 Å². The minimum absolute atomic E-state index is 0.596. The highest BCUT2D eigenvalue weighted by molar-refractivity contribution is 9.10. The first-order chi connectivity index (χ1) is 5.20. The van der Waals surface area contributed by atoms with Gasteiger partial charge in [-0.25, -0.2) is 4.98 Å². The van der Waals surface area contributed by atoms with Crippen molar-refractivity contribution in [3.63, 3.8) is 0 Å². The van der Waals surface area contributed by atoms with Gasteiger partial charge in [0.1, 0.15) is 5.82 Å². The lowest BCUT2D eigenvalue weighted by molar-refractivity contribution is 1.26. The average molecular weight is 217 g/mol. The van der Waals surface area contributed by atoms with Crippen LogP contribution in [0.3, 0.4) is 0 Å². The van der Waals surface area contributed by atoms with Crippen LogP contribution in [0.2, 0.25) is 0 Å². The fourth-order valence-corrected chi connectivity index (χ4v) is 0.997. The predicted molar refractivity (Wildman–Crippen MR) is 52.4 cm³/mol. The number of halogens is 1. The van der Waals surface area contributed by atoms with E-state index in [4.69, 9.17) is 5.73 Å². The Hall–Kier alpha value is -0.570. The van der Waals surface area contributed by atoms with Gasteiger partial charge < -0.3 is 5.73 Å². The van der Waals surface area contributed by atoms with Crippen molar-refractivity contribution in [3.05, 3.63) is 22.3 Å². The van der Waals surface area contributed by atoms with Crippen LogP contribution in [-0.2, 0) is 0 Å². The van der Waals surface area contributed by atoms with Crippen molar-refractivity contribution in [2.45, 2.75) is 20.8 Å². The van der Waals surface area contributed by atoms with Gasteiger partial charge in [0.15, 0.2) is 0 Å². The highest BCUT2D eigenvalue weighted by Crippen LogP contribution is 2.13. The van der Waals surface area contributed by atoms with Gasteiger partial charge in [0, 0.05) is 10.7 Å². The van der Waals surface area contributed by atoms with E-state index in [0.29, 0.717) is 5.82 Å². The van der Waals surface area contributed by atoms with E-state index in [0.717, 1.165) is 10.0 Å². The van der Waals surface area contributed by atoms with Crippen molar-refractivity contribution in [1.82, 2.24) is 4.98 Å². The lowest BCUT2D eigenvalue weighted by atomic mass is 10.3. The summed E-state index contributed by atoms with van der Waals surface area (Å²) >= 11 is 3.28. The molecule has 0 aliphatic carbocycles. The Bertz CT molecular complexity index is 223. The zero-order chi connectivity index (χ0) is 8.85. The molecule has 1 aromatic heterocycles. The number of nitrogens with zero attached hydrogens (tertiary/aromatic N) is 1. The second kappa shape index (κ2) is 5.13. The highest BCUT2D eigenvalue weighted by atomic mass is 79.9. The molecule has 1 rings (SSSR count). The zero-order valence-electron chi connectivity index (χ0n) is 7.06. The number of nitrogens with two attached hydrogens (primary N) is 1. The summed E-state index contributed by atoms with van der Waals surface area (Å²) in [6.45, 7) is 5.92. The molecule has 0 saturated carbocycles. The Morgan fingerprint density at radius 2 is 2.00 bits per heavy atom. The van der Waals surface area contributed by atoms with Crippen molar-refractivity contribution >= 4 is 21.7 Å². The average Bonchev–Trinajstić information content (AvgIpc) is 2.02. The number of hydrogen-bond donors (Lipinski definition) is 1. The third kappa shape index (κ3) is 3.37. The van der Waals surface area contributed by atoms with E-state index in [1.54, 1.807) is 6.20 Å². The third-order valence-electron chi connectivity index (χ3n) is 1.09. The van der Waals surface area contributed by atoms with Gasteiger partial charge >= 0.3 is 0 Å². The molecule has 0 saturated heterocycles. The Labute approximate surface area is 76.0 Å². The number of rotatable bonds is 0. The van der Waals surface area contributed by atoms with E-state index in [2.05, 4.69) is 20.9 Å². The van der Waals surface area contributed by atoms with Crippen LogP contribution in [0.4, 0.5) is 5.82 Å². The molecular formula is C8H13BrN2. The molecule has 0 fully saturated rings. The number of anilines is 1. The van der Waals surface area contributed by atoms with Gasteiger partial charge in [0.25, 0.3) is 0 Å². The number of aromatic nitrogens is 1. The predicted octanol–water partition coefficient (Wildman–Crippen LogP) is 2.76. The second-order valence-electron chi connectivity index (χ2n) is 1.86. The summed E-state index contributed by atoms with van der Waals surface area (Å²) in [5.74, 6) is 0.596. The molecule has 0 spiro atoms. The SMILES string of the molecule is CC.Cc1cc(Br)cnc1N. The fraction of sp³-hybridized carbons (Fsp3) is 0.375. The van der Waals surface area contributed by atoms with Crippen LogP contribution in [0.5, 0.6) is 0 Å². The van der Waals surface area contributed by atoms with E-state index >= 15 is 0 Å².